The Morgan fingerprint density at radius 3 is 2.57 bits per heavy atom. The second-order valence-corrected chi connectivity index (χ2v) is 6.44. The molecule has 0 spiro atoms. The van der Waals surface area contributed by atoms with Crippen LogP contribution in [0.4, 0.5) is 0 Å². The van der Waals surface area contributed by atoms with Crippen molar-refractivity contribution in [1.29, 1.82) is 0 Å². The Balaban J connectivity index is 1.32. The normalized spacial score (nSPS) is 19.0. The summed E-state index contributed by atoms with van der Waals surface area (Å²) in [5, 5.41) is 3.96. The van der Waals surface area contributed by atoms with Gasteiger partial charge in [-0.1, -0.05) is 35.5 Å². The second kappa shape index (κ2) is 6.16. The lowest BCUT2D eigenvalue weighted by Gasteiger charge is -2.34. The maximum atomic E-state index is 12.5. The van der Waals surface area contributed by atoms with Crippen molar-refractivity contribution >= 4 is 5.91 Å². The number of hydrogen-bond donors (Lipinski definition) is 0. The standard InChI is InChI=1S/C18H21N3O2/c22-18(16-12-17(23-19-16)15-6-7-15)21-10-8-20(9-11-21)13-14-4-2-1-3-5-14/h1-5,12,15H,6-11,13H2. The van der Waals surface area contributed by atoms with E-state index in [1.54, 1.807) is 0 Å². The Kier molecular flexibility index (Phi) is 3.87. The van der Waals surface area contributed by atoms with E-state index in [0.717, 1.165) is 51.3 Å². The Morgan fingerprint density at radius 1 is 1.13 bits per heavy atom. The zero-order valence-corrected chi connectivity index (χ0v) is 13.1. The summed E-state index contributed by atoms with van der Waals surface area (Å²) in [5.74, 6) is 1.36. The first-order valence-corrected chi connectivity index (χ1v) is 8.32. The van der Waals surface area contributed by atoms with E-state index in [-0.39, 0.29) is 5.91 Å². The molecule has 0 radical (unpaired) electrons. The van der Waals surface area contributed by atoms with Crippen LogP contribution in [-0.4, -0.2) is 47.0 Å². The van der Waals surface area contributed by atoms with Gasteiger partial charge in [-0.2, -0.15) is 0 Å². The van der Waals surface area contributed by atoms with Crippen LogP contribution < -0.4 is 0 Å². The highest BCUT2D eigenvalue weighted by Crippen LogP contribution is 2.40. The van der Waals surface area contributed by atoms with Gasteiger partial charge in [0.1, 0.15) is 5.76 Å². The highest BCUT2D eigenvalue weighted by atomic mass is 16.5. The summed E-state index contributed by atoms with van der Waals surface area (Å²) in [5.41, 5.74) is 1.78. The lowest BCUT2D eigenvalue weighted by molar-refractivity contribution is 0.0618. The number of amides is 1. The zero-order valence-electron chi connectivity index (χ0n) is 13.1. The minimum atomic E-state index is 0.0000103. The number of carbonyl (C=O) groups is 1. The molecule has 2 fully saturated rings. The summed E-state index contributed by atoms with van der Waals surface area (Å²) in [6, 6.07) is 12.3. The molecule has 0 atom stereocenters. The van der Waals surface area contributed by atoms with E-state index in [1.807, 2.05) is 17.0 Å². The van der Waals surface area contributed by atoms with Crippen LogP contribution >= 0.6 is 0 Å². The van der Waals surface area contributed by atoms with Gasteiger partial charge < -0.3 is 9.42 Å². The Labute approximate surface area is 135 Å². The number of piperazine rings is 1. The van der Waals surface area contributed by atoms with Crippen molar-refractivity contribution < 1.29 is 9.32 Å². The molecular weight excluding hydrogens is 290 g/mol. The Hall–Kier alpha value is -2.14. The van der Waals surface area contributed by atoms with Crippen molar-refractivity contribution in [2.45, 2.75) is 25.3 Å². The van der Waals surface area contributed by atoms with Gasteiger partial charge in [-0.25, -0.2) is 0 Å². The molecular formula is C18H21N3O2. The molecule has 0 N–H and O–H groups in total. The quantitative estimate of drug-likeness (QED) is 0.870. The van der Waals surface area contributed by atoms with Crippen molar-refractivity contribution in [2.24, 2.45) is 0 Å². The van der Waals surface area contributed by atoms with Crippen LogP contribution in [0.2, 0.25) is 0 Å². The minimum absolute atomic E-state index is 0.0000103. The van der Waals surface area contributed by atoms with Gasteiger partial charge in [0.15, 0.2) is 5.69 Å². The fraction of sp³-hybridized carbons (Fsp3) is 0.444. The molecule has 1 saturated carbocycles. The SMILES string of the molecule is O=C(c1cc(C2CC2)on1)N1CCN(Cc2ccccc2)CC1. The summed E-state index contributed by atoms with van der Waals surface area (Å²) in [7, 11) is 0. The van der Waals surface area contributed by atoms with Crippen LogP contribution in [0, 0.1) is 0 Å². The van der Waals surface area contributed by atoms with E-state index in [0.29, 0.717) is 11.6 Å². The van der Waals surface area contributed by atoms with Crippen molar-refractivity contribution in [3.8, 4) is 0 Å². The Morgan fingerprint density at radius 2 is 1.87 bits per heavy atom. The molecule has 120 valence electrons. The molecule has 1 aromatic heterocycles. The number of benzene rings is 1. The summed E-state index contributed by atoms with van der Waals surface area (Å²) >= 11 is 0. The molecule has 5 nitrogen and oxygen atoms in total. The van der Waals surface area contributed by atoms with Gasteiger partial charge in [-0.3, -0.25) is 9.69 Å². The number of nitrogens with zero attached hydrogens (tertiary/aromatic N) is 3. The van der Waals surface area contributed by atoms with Gasteiger partial charge in [0.2, 0.25) is 0 Å². The number of carbonyl (C=O) groups excluding carboxylic acids is 1. The highest BCUT2D eigenvalue weighted by molar-refractivity contribution is 5.92. The molecule has 1 amide bonds. The van der Waals surface area contributed by atoms with E-state index in [4.69, 9.17) is 4.52 Å². The van der Waals surface area contributed by atoms with E-state index >= 15 is 0 Å². The van der Waals surface area contributed by atoms with Crippen molar-refractivity contribution in [2.75, 3.05) is 26.2 Å². The number of hydrogen-bond acceptors (Lipinski definition) is 4. The number of rotatable bonds is 4. The minimum Gasteiger partial charge on any atom is -0.360 e. The van der Waals surface area contributed by atoms with E-state index in [2.05, 4.69) is 34.3 Å². The molecule has 0 unspecified atom stereocenters. The van der Waals surface area contributed by atoms with Crippen LogP contribution in [0.15, 0.2) is 40.9 Å². The van der Waals surface area contributed by atoms with Crippen molar-refractivity contribution in [3.05, 3.63) is 53.4 Å². The van der Waals surface area contributed by atoms with Gasteiger partial charge in [0, 0.05) is 44.7 Å². The molecule has 5 heteroatoms. The van der Waals surface area contributed by atoms with Crippen LogP contribution in [-0.2, 0) is 6.54 Å². The molecule has 2 aromatic rings. The average Bonchev–Trinajstić information content (AvgIpc) is 3.33. The molecule has 1 aliphatic heterocycles. The molecule has 1 aliphatic carbocycles. The van der Waals surface area contributed by atoms with Crippen LogP contribution in [0.3, 0.4) is 0 Å². The molecule has 1 saturated heterocycles. The topological polar surface area (TPSA) is 49.6 Å². The summed E-state index contributed by atoms with van der Waals surface area (Å²) in [4.78, 5) is 16.8. The first-order valence-electron chi connectivity index (χ1n) is 8.32. The van der Waals surface area contributed by atoms with E-state index in [1.165, 1.54) is 5.56 Å². The van der Waals surface area contributed by atoms with Gasteiger partial charge >= 0.3 is 0 Å². The van der Waals surface area contributed by atoms with Crippen LogP contribution in [0.1, 0.15) is 40.6 Å². The molecule has 2 heterocycles. The van der Waals surface area contributed by atoms with E-state index < -0.39 is 0 Å². The maximum Gasteiger partial charge on any atom is 0.276 e. The first-order chi connectivity index (χ1) is 11.3. The van der Waals surface area contributed by atoms with E-state index in [9.17, 15) is 4.79 Å². The predicted molar refractivity (Wildman–Crippen MR) is 86.1 cm³/mol. The molecule has 2 aliphatic rings. The lowest BCUT2D eigenvalue weighted by atomic mass is 10.2. The molecule has 1 aromatic carbocycles. The summed E-state index contributed by atoms with van der Waals surface area (Å²) in [6.45, 7) is 4.23. The average molecular weight is 311 g/mol. The van der Waals surface area contributed by atoms with Crippen LogP contribution in [0.5, 0.6) is 0 Å². The maximum absolute atomic E-state index is 12.5. The smallest absolute Gasteiger partial charge is 0.276 e. The molecule has 0 bridgehead atoms. The number of aromatic nitrogens is 1. The fourth-order valence-electron chi connectivity index (χ4n) is 3.06. The van der Waals surface area contributed by atoms with Crippen molar-refractivity contribution in [3.63, 3.8) is 0 Å². The second-order valence-electron chi connectivity index (χ2n) is 6.44. The zero-order chi connectivity index (χ0) is 15.6. The third-order valence-electron chi connectivity index (χ3n) is 4.64. The fourth-order valence-corrected chi connectivity index (χ4v) is 3.06. The highest BCUT2D eigenvalue weighted by Gasteiger charge is 2.30. The monoisotopic (exact) mass is 311 g/mol. The van der Waals surface area contributed by atoms with Crippen molar-refractivity contribution in [1.82, 2.24) is 15.0 Å². The van der Waals surface area contributed by atoms with Gasteiger partial charge in [-0.05, 0) is 18.4 Å². The largest absolute Gasteiger partial charge is 0.360 e. The Bertz CT molecular complexity index is 671. The first kappa shape index (κ1) is 14.5. The third kappa shape index (κ3) is 3.29. The summed E-state index contributed by atoms with van der Waals surface area (Å²) in [6.07, 6.45) is 2.31. The molecule has 23 heavy (non-hydrogen) atoms. The third-order valence-corrected chi connectivity index (χ3v) is 4.64. The lowest BCUT2D eigenvalue weighted by Crippen LogP contribution is -2.48. The predicted octanol–water partition coefficient (Wildman–Crippen LogP) is 2.51. The molecule has 4 rings (SSSR count). The van der Waals surface area contributed by atoms with Crippen LogP contribution in [0.25, 0.3) is 0 Å². The van der Waals surface area contributed by atoms with Gasteiger partial charge in [-0.15, -0.1) is 0 Å². The van der Waals surface area contributed by atoms with Gasteiger partial charge in [0.05, 0.1) is 0 Å². The van der Waals surface area contributed by atoms with Gasteiger partial charge in [0.25, 0.3) is 5.91 Å². The summed E-state index contributed by atoms with van der Waals surface area (Å²) < 4.78 is 5.29.